The Labute approximate surface area is 409 Å². The molecule has 0 aliphatic rings. The molecule has 384 valence electrons. The van der Waals surface area contributed by atoms with Crippen LogP contribution < -0.4 is 29.4 Å². The van der Waals surface area contributed by atoms with Gasteiger partial charge in [0.05, 0.1) is 0 Å². The quantitative estimate of drug-likeness (QED) is 0.0774. The lowest BCUT2D eigenvalue weighted by atomic mass is 10.3. The van der Waals surface area contributed by atoms with Crippen molar-refractivity contribution in [3.63, 3.8) is 0 Å². The van der Waals surface area contributed by atoms with Gasteiger partial charge < -0.3 is 56.8 Å². The van der Waals surface area contributed by atoms with Gasteiger partial charge >= 0.3 is 34.1 Å². The van der Waals surface area contributed by atoms with Gasteiger partial charge in [0.15, 0.2) is 79.9 Å². The first kappa shape index (κ1) is 76.1. The summed E-state index contributed by atoms with van der Waals surface area (Å²) in [7, 11) is -23.3. The predicted molar refractivity (Wildman–Crippen MR) is 248 cm³/mol. The Balaban J connectivity index is -0.000000167. The Bertz CT molecular complexity index is 2170. The highest BCUT2D eigenvalue weighted by molar-refractivity contribution is 7.30. The average molecular weight is 1130 g/mol. The van der Waals surface area contributed by atoms with Crippen molar-refractivity contribution in [2.75, 3.05) is 0 Å². The lowest BCUT2D eigenvalue weighted by molar-refractivity contribution is -0.175. The summed E-state index contributed by atoms with van der Waals surface area (Å²) in [6, 6.07) is 53.7. The molecule has 0 bridgehead atoms. The van der Waals surface area contributed by atoms with E-state index in [2.05, 4.69) is 29.9 Å². The van der Waals surface area contributed by atoms with Gasteiger partial charge in [-0.25, -0.2) is 25.2 Å². The van der Waals surface area contributed by atoms with Crippen LogP contribution in [0.15, 0.2) is 182 Å². The summed E-state index contributed by atoms with van der Waals surface area (Å²) in [5, 5.41) is 49.0. The van der Waals surface area contributed by atoms with Crippen molar-refractivity contribution in [3.8, 4) is 0 Å². The first-order valence-corrected chi connectivity index (χ1v) is 24.8. The Morgan fingerprint density at radius 2 is 0.306 bits per heavy atom. The highest BCUT2D eigenvalue weighted by Gasteiger charge is 1.99. The summed E-state index contributed by atoms with van der Waals surface area (Å²) in [6.07, 6.45) is 0. The summed E-state index contributed by atoms with van der Waals surface area (Å²) in [6.45, 7) is 0. The Kier molecular flexibility index (Phi) is 63.0. The number of rotatable bonds is 0. The lowest BCUT2D eigenvalue weighted by Gasteiger charge is -1.79. The highest BCUT2D eigenvalue weighted by atomic mass is 31.2. The summed E-state index contributed by atoms with van der Waals surface area (Å²) >= 11 is 0. The molecule has 0 aliphatic heterocycles. The molecule has 0 amide bonds. The summed E-state index contributed by atoms with van der Waals surface area (Å²) in [5.41, 5.74) is 3.54. The van der Waals surface area contributed by atoms with Crippen LogP contribution in [-0.4, -0.2) is 0 Å². The molecule has 0 spiro atoms. The van der Waals surface area contributed by atoms with Gasteiger partial charge in [-0.1, -0.05) is 109 Å². The maximum atomic E-state index is 9.99. The van der Waals surface area contributed by atoms with Crippen molar-refractivity contribution in [2.24, 2.45) is 0 Å². The van der Waals surface area contributed by atoms with Crippen molar-refractivity contribution in [2.45, 2.75) is 0 Å². The van der Waals surface area contributed by atoms with Crippen LogP contribution in [0.3, 0.4) is 0 Å². The standard InChI is InChI=1S/6C6H5N2.6FH2O2P/c6*7-8-6-4-2-1-3-5-6;6*1-4(2)3/h6*1-5H;6*4H,(H,2,3)/q6*+1;;;;;;/p-6. The molecule has 0 radical (unpaired) electrons. The molecule has 6 rings (SSSR count). The second-order valence-electron chi connectivity index (χ2n) is 10.0. The normalized spacial score (nSPS) is 10.4. The van der Waals surface area contributed by atoms with Gasteiger partial charge in [0.25, 0.3) is 0 Å². The first-order valence-electron chi connectivity index (χ1n) is 17.6. The van der Waals surface area contributed by atoms with E-state index >= 15 is 0 Å². The van der Waals surface area contributed by atoms with Crippen molar-refractivity contribution >= 4 is 84.2 Å². The van der Waals surface area contributed by atoms with Crippen molar-refractivity contribution < 1.29 is 81.9 Å². The van der Waals surface area contributed by atoms with Crippen molar-refractivity contribution in [1.29, 1.82) is 32.4 Å². The van der Waals surface area contributed by atoms with Crippen LogP contribution in [0.5, 0.6) is 0 Å². The fraction of sp³-hybridized carbons (Fsp3) is 0. The third-order valence-electron chi connectivity index (χ3n) is 5.23. The van der Waals surface area contributed by atoms with Crippen LogP contribution in [0.1, 0.15) is 0 Å². The molecule has 6 atom stereocenters. The van der Waals surface area contributed by atoms with Crippen LogP contribution >= 0.6 is 50.0 Å². The van der Waals surface area contributed by atoms with Gasteiger partial charge in [-0.2, -0.15) is 0 Å². The fourth-order valence-corrected chi connectivity index (χ4v) is 2.97. The number of nitrogens with zero attached hydrogens (tertiary/aromatic N) is 12. The smallest absolute Gasteiger partial charge is 0.385 e. The average Bonchev–Trinajstić information content (AvgIpc) is 3.35. The SMILES string of the molecule is N#[N+]c1ccccc1.N#[N+]c1ccccc1.N#[N+]c1ccccc1.N#[N+]c1ccccc1.N#[N+]c1ccccc1.N#[N+]c1ccccc1.O=[PH]([O-])F.O=[PH]([O-])F.O=[PH]([O-])F.O=[PH]([O-])F.O=[PH]([O-])F.O=[PH]([O-])F. The lowest BCUT2D eigenvalue weighted by Crippen LogP contribution is -1.74. The Hall–Kier alpha value is -7.44. The Morgan fingerprint density at radius 1 is 0.236 bits per heavy atom. The monoisotopic (exact) mass is 1130 g/mol. The topological polar surface area (TPSA) is 410 Å². The van der Waals surface area contributed by atoms with Gasteiger partial charge in [-0.15, -0.1) is 0 Å². The molecule has 0 fully saturated rings. The minimum absolute atomic E-state index is 0.590. The van der Waals surface area contributed by atoms with E-state index in [4.69, 9.17) is 89.1 Å². The summed E-state index contributed by atoms with van der Waals surface area (Å²) in [4.78, 5) is 68.3. The largest absolute Gasteiger partial charge is 0.777 e. The van der Waals surface area contributed by atoms with Crippen LogP contribution in [0.25, 0.3) is 29.9 Å². The van der Waals surface area contributed by atoms with Crippen LogP contribution in [0.2, 0.25) is 0 Å². The predicted octanol–water partition coefficient (Wildman–Crippen LogP) is 11.3. The van der Waals surface area contributed by atoms with E-state index in [9.17, 15) is 25.2 Å². The van der Waals surface area contributed by atoms with Crippen LogP contribution in [-0.2, 0) is 27.4 Å². The number of hydrogen-bond donors (Lipinski definition) is 0. The molecule has 6 aromatic carbocycles. The van der Waals surface area contributed by atoms with Gasteiger partial charge in [0, 0.05) is 72.8 Å². The molecule has 0 saturated carbocycles. The number of halogens is 6. The Morgan fingerprint density at radius 3 is 0.347 bits per heavy atom. The van der Waals surface area contributed by atoms with Crippen LogP contribution in [0.4, 0.5) is 59.3 Å². The van der Waals surface area contributed by atoms with Gasteiger partial charge in [-0.3, -0.25) is 0 Å². The van der Waals surface area contributed by atoms with Gasteiger partial charge in [-0.05, 0) is 0 Å². The van der Waals surface area contributed by atoms with E-state index in [1.54, 1.807) is 72.8 Å². The highest BCUT2D eigenvalue weighted by Crippen LogP contribution is 2.11. The fourth-order valence-electron chi connectivity index (χ4n) is 2.97. The third kappa shape index (κ3) is 85.8. The molecule has 24 nitrogen and oxygen atoms in total. The van der Waals surface area contributed by atoms with E-state index in [-0.39, 0.29) is 0 Å². The summed E-state index contributed by atoms with van der Waals surface area (Å²) in [5.74, 6) is 0. The molecular weight excluding hydrogens is 1090 g/mol. The second kappa shape index (κ2) is 59.7. The molecule has 72 heavy (non-hydrogen) atoms. The first-order chi connectivity index (χ1) is 34.0. The molecule has 0 saturated heterocycles. The van der Waals surface area contributed by atoms with E-state index in [0.29, 0.717) is 34.1 Å². The van der Waals surface area contributed by atoms with E-state index in [1.807, 2.05) is 109 Å². The second-order valence-corrected chi connectivity index (χ2v) is 12.9. The maximum absolute atomic E-state index is 9.99. The number of hydrogen-bond acceptors (Lipinski definition) is 18. The molecular formula is C36H36F6N12O12P6. The van der Waals surface area contributed by atoms with E-state index in [0.717, 1.165) is 0 Å². The number of diazo groups is 6. The molecule has 36 heteroatoms. The molecule has 0 N–H and O–H groups in total. The molecule has 6 unspecified atom stereocenters. The molecule has 0 aliphatic carbocycles. The van der Waals surface area contributed by atoms with Crippen molar-refractivity contribution in [1.82, 2.24) is 0 Å². The maximum Gasteiger partial charge on any atom is 0.385 e. The zero-order valence-corrected chi connectivity index (χ0v) is 41.9. The minimum Gasteiger partial charge on any atom is -0.777 e. The molecule has 6 aromatic rings. The minimum atomic E-state index is -3.88. The van der Waals surface area contributed by atoms with E-state index < -0.39 is 50.0 Å². The zero-order chi connectivity index (χ0) is 56.4. The number of benzene rings is 6. The van der Waals surface area contributed by atoms with Gasteiger partial charge in [0.2, 0.25) is 32.4 Å². The zero-order valence-electron chi connectivity index (χ0n) is 35.9. The van der Waals surface area contributed by atoms with Crippen LogP contribution in [0, 0.1) is 32.4 Å². The summed E-state index contributed by atoms with van der Waals surface area (Å²) < 4.78 is 110. The third-order valence-corrected chi connectivity index (χ3v) is 5.23. The van der Waals surface area contributed by atoms with Gasteiger partial charge in [0.1, 0.15) is 0 Å². The van der Waals surface area contributed by atoms with E-state index in [1.165, 1.54) is 0 Å². The molecule has 0 aromatic heterocycles. The molecule has 0 heterocycles. The van der Waals surface area contributed by atoms with Crippen molar-refractivity contribution in [3.05, 3.63) is 212 Å².